The Morgan fingerprint density at radius 2 is 2.03 bits per heavy atom. The molecule has 0 unspecified atom stereocenters. The number of thiophene rings is 1. The molecular formula is C19H15BrF4N4OS. The largest absolute Gasteiger partial charge is 0.410 e. The summed E-state index contributed by atoms with van der Waals surface area (Å²) in [6.45, 7) is 0.0850. The summed E-state index contributed by atoms with van der Waals surface area (Å²) in [6, 6.07) is 6.67. The molecule has 0 radical (unpaired) electrons. The van der Waals surface area contributed by atoms with E-state index in [-0.39, 0.29) is 29.0 Å². The maximum atomic E-state index is 13.7. The number of nitrogens with one attached hydrogen (secondary N) is 2. The highest BCUT2D eigenvalue weighted by molar-refractivity contribution is 9.10. The van der Waals surface area contributed by atoms with E-state index < -0.39 is 30.0 Å². The number of carbonyl (C=O) groups excluding carboxylic acids is 1. The quantitative estimate of drug-likeness (QED) is 0.467. The van der Waals surface area contributed by atoms with Crippen LogP contribution in [0.25, 0.3) is 0 Å². The van der Waals surface area contributed by atoms with Gasteiger partial charge in [0.2, 0.25) is 0 Å². The molecule has 2 atom stereocenters. The third-order valence-corrected chi connectivity index (χ3v) is 6.50. The summed E-state index contributed by atoms with van der Waals surface area (Å²) >= 11 is 4.60. The van der Waals surface area contributed by atoms with Crippen LogP contribution in [0.1, 0.15) is 39.4 Å². The molecule has 1 aliphatic rings. The van der Waals surface area contributed by atoms with Crippen molar-refractivity contribution < 1.29 is 22.4 Å². The summed E-state index contributed by atoms with van der Waals surface area (Å²) in [5, 5.41) is 11.4. The molecule has 3 heterocycles. The Hall–Kier alpha value is -2.40. The molecule has 0 saturated heterocycles. The lowest BCUT2D eigenvalue weighted by Crippen LogP contribution is -2.35. The zero-order valence-electron chi connectivity index (χ0n) is 15.2. The Labute approximate surface area is 181 Å². The molecule has 1 aromatic carbocycles. The SMILES string of the molecule is O=C(NCc1ccc(F)cc1)c1nn2c(c1Br)N[C@H](c1cccs1)C[C@H]2C(F)(F)F. The van der Waals surface area contributed by atoms with Crippen molar-refractivity contribution in [3.8, 4) is 0 Å². The lowest BCUT2D eigenvalue weighted by Gasteiger charge is -2.33. The zero-order chi connectivity index (χ0) is 21.5. The van der Waals surface area contributed by atoms with Crippen molar-refractivity contribution >= 4 is 39.0 Å². The first-order valence-corrected chi connectivity index (χ1v) is 10.6. The van der Waals surface area contributed by atoms with Gasteiger partial charge >= 0.3 is 6.18 Å². The normalized spacial score (nSPS) is 18.6. The second kappa shape index (κ2) is 8.03. The Balaban J connectivity index is 1.61. The fourth-order valence-electron chi connectivity index (χ4n) is 3.28. The van der Waals surface area contributed by atoms with Gasteiger partial charge in [0.05, 0.1) is 10.5 Å². The van der Waals surface area contributed by atoms with Crippen molar-refractivity contribution in [2.45, 2.75) is 31.2 Å². The van der Waals surface area contributed by atoms with Gasteiger partial charge in [0.25, 0.3) is 5.91 Å². The van der Waals surface area contributed by atoms with Crippen LogP contribution in [0.4, 0.5) is 23.4 Å². The average molecular weight is 503 g/mol. The Bertz CT molecular complexity index is 1050. The van der Waals surface area contributed by atoms with E-state index >= 15 is 0 Å². The van der Waals surface area contributed by atoms with Crippen LogP contribution in [-0.2, 0) is 6.54 Å². The minimum Gasteiger partial charge on any atom is -0.362 e. The van der Waals surface area contributed by atoms with Gasteiger partial charge in [-0.1, -0.05) is 18.2 Å². The summed E-state index contributed by atoms with van der Waals surface area (Å²) in [7, 11) is 0. The number of hydrogen-bond acceptors (Lipinski definition) is 4. The van der Waals surface area contributed by atoms with E-state index in [1.807, 2.05) is 0 Å². The fraction of sp³-hybridized carbons (Fsp3) is 0.263. The number of anilines is 1. The molecule has 30 heavy (non-hydrogen) atoms. The number of carbonyl (C=O) groups is 1. The smallest absolute Gasteiger partial charge is 0.362 e. The van der Waals surface area contributed by atoms with Crippen LogP contribution in [-0.4, -0.2) is 21.9 Å². The number of benzene rings is 1. The van der Waals surface area contributed by atoms with Gasteiger partial charge in [0.1, 0.15) is 11.6 Å². The van der Waals surface area contributed by atoms with Gasteiger partial charge in [-0.25, -0.2) is 9.07 Å². The first-order valence-electron chi connectivity index (χ1n) is 8.91. The van der Waals surface area contributed by atoms with Gasteiger partial charge in [0.15, 0.2) is 11.7 Å². The minimum absolute atomic E-state index is 0.0850. The van der Waals surface area contributed by atoms with E-state index in [9.17, 15) is 22.4 Å². The number of hydrogen-bond donors (Lipinski definition) is 2. The number of alkyl halides is 3. The first-order chi connectivity index (χ1) is 14.2. The Kier molecular flexibility index (Phi) is 5.58. The van der Waals surface area contributed by atoms with E-state index in [1.54, 1.807) is 17.5 Å². The standard InChI is InChI=1S/C19H15BrF4N4OS/c20-15-16(18(29)25-9-10-3-5-11(21)6-4-10)27-28-14(19(22,23)24)8-12(26-17(15)28)13-2-1-7-30-13/h1-7,12,14,26H,8-9H2,(H,25,29)/t12-,14-/m0/s1. The molecule has 0 fully saturated rings. The maximum absolute atomic E-state index is 13.7. The molecule has 5 nitrogen and oxygen atoms in total. The molecule has 158 valence electrons. The maximum Gasteiger partial charge on any atom is 0.410 e. The summed E-state index contributed by atoms with van der Waals surface area (Å²) in [5.41, 5.74) is 0.495. The van der Waals surface area contributed by atoms with E-state index in [4.69, 9.17) is 0 Å². The average Bonchev–Trinajstić information content (AvgIpc) is 3.34. The number of amides is 1. The molecule has 3 aromatic rings. The molecule has 1 amide bonds. The van der Waals surface area contributed by atoms with Crippen molar-refractivity contribution in [3.63, 3.8) is 0 Å². The molecule has 0 saturated carbocycles. The van der Waals surface area contributed by atoms with Gasteiger partial charge in [-0.05, 0) is 45.1 Å². The lowest BCUT2D eigenvalue weighted by atomic mass is 10.0. The number of rotatable bonds is 4. The van der Waals surface area contributed by atoms with Crippen molar-refractivity contribution in [2.24, 2.45) is 0 Å². The number of fused-ring (bicyclic) bond motifs is 1. The minimum atomic E-state index is -4.53. The highest BCUT2D eigenvalue weighted by atomic mass is 79.9. The number of halogens is 5. The van der Waals surface area contributed by atoms with Gasteiger partial charge in [-0.2, -0.15) is 18.3 Å². The van der Waals surface area contributed by atoms with E-state index in [2.05, 4.69) is 31.7 Å². The second-order valence-corrected chi connectivity index (χ2v) is 8.54. The molecular weight excluding hydrogens is 488 g/mol. The molecule has 2 N–H and O–H groups in total. The van der Waals surface area contributed by atoms with Crippen LogP contribution in [0.3, 0.4) is 0 Å². The highest BCUT2D eigenvalue weighted by Gasteiger charge is 2.47. The van der Waals surface area contributed by atoms with Gasteiger partial charge in [0, 0.05) is 17.8 Å². The van der Waals surface area contributed by atoms with Gasteiger partial charge in [-0.3, -0.25) is 4.79 Å². The predicted octanol–water partition coefficient (Wildman–Crippen LogP) is 5.44. The monoisotopic (exact) mass is 502 g/mol. The molecule has 11 heteroatoms. The summed E-state index contributed by atoms with van der Waals surface area (Å²) < 4.78 is 55.2. The zero-order valence-corrected chi connectivity index (χ0v) is 17.6. The highest BCUT2D eigenvalue weighted by Crippen LogP contribution is 2.46. The molecule has 1 aliphatic heterocycles. The third-order valence-electron chi connectivity index (χ3n) is 4.76. The summed E-state index contributed by atoms with van der Waals surface area (Å²) in [6.07, 6.45) is -4.76. The van der Waals surface area contributed by atoms with Crippen LogP contribution in [0.2, 0.25) is 0 Å². The summed E-state index contributed by atoms with van der Waals surface area (Å²) in [5.74, 6) is -0.934. The molecule has 4 rings (SSSR count). The predicted molar refractivity (Wildman–Crippen MR) is 108 cm³/mol. The van der Waals surface area contributed by atoms with E-state index in [1.165, 1.54) is 35.6 Å². The van der Waals surface area contributed by atoms with Crippen LogP contribution in [0, 0.1) is 5.82 Å². The van der Waals surface area contributed by atoms with Gasteiger partial charge < -0.3 is 10.6 Å². The topological polar surface area (TPSA) is 59.0 Å². The van der Waals surface area contributed by atoms with Crippen molar-refractivity contribution in [3.05, 3.63) is 68.2 Å². The Morgan fingerprint density at radius 1 is 1.30 bits per heavy atom. The molecule has 2 aromatic heterocycles. The van der Waals surface area contributed by atoms with Crippen molar-refractivity contribution in [1.82, 2.24) is 15.1 Å². The van der Waals surface area contributed by atoms with Crippen molar-refractivity contribution in [2.75, 3.05) is 5.32 Å². The van der Waals surface area contributed by atoms with Crippen LogP contribution in [0.15, 0.2) is 46.3 Å². The van der Waals surface area contributed by atoms with Crippen LogP contribution in [0.5, 0.6) is 0 Å². The molecule has 0 spiro atoms. The lowest BCUT2D eigenvalue weighted by molar-refractivity contribution is -0.173. The van der Waals surface area contributed by atoms with Crippen molar-refractivity contribution in [1.29, 1.82) is 0 Å². The first kappa shape index (κ1) is 20.9. The van der Waals surface area contributed by atoms with Crippen LogP contribution < -0.4 is 10.6 Å². The second-order valence-electron chi connectivity index (χ2n) is 6.77. The Morgan fingerprint density at radius 3 is 2.67 bits per heavy atom. The third kappa shape index (κ3) is 4.08. The fourth-order valence-corrected chi connectivity index (χ4v) is 4.63. The van der Waals surface area contributed by atoms with E-state index in [0.717, 1.165) is 9.56 Å². The summed E-state index contributed by atoms with van der Waals surface area (Å²) in [4.78, 5) is 13.4. The molecule has 0 aliphatic carbocycles. The molecule has 0 bridgehead atoms. The number of nitrogens with zero attached hydrogens (tertiary/aromatic N) is 2. The van der Waals surface area contributed by atoms with Gasteiger partial charge in [-0.15, -0.1) is 11.3 Å². The van der Waals surface area contributed by atoms with E-state index in [0.29, 0.717) is 5.56 Å². The number of aromatic nitrogens is 2. The van der Waals surface area contributed by atoms with Crippen LogP contribution >= 0.6 is 27.3 Å².